The van der Waals surface area contributed by atoms with Gasteiger partial charge < -0.3 is 0 Å². The van der Waals surface area contributed by atoms with Crippen molar-refractivity contribution in [2.75, 3.05) is 26.3 Å². The number of imide groups is 2. The summed E-state index contributed by atoms with van der Waals surface area (Å²) in [5, 5.41) is 1.96. The fraction of sp³-hybridized carbons (Fsp3) is 0.562. The zero-order valence-corrected chi connectivity index (χ0v) is 14.1. The van der Waals surface area contributed by atoms with E-state index in [0.29, 0.717) is 12.3 Å². The first-order valence-corrected chi connectivity index (χ1v) is 8.86. The van der Waals surface area contributed by atoms with Gasteiger partial charge in [-0.25, -0.2) is 9.69 Å². The van der Waals surface area contributed by atoms with Crippen LogP contribution in [0.5, 0.6) is 0 Å². The molecule has 6 nitrogen and oxygen atoms in total. The number of hydrogen-bond acceptors (Lipinski definition) is 5. The molecular weight excluding hydrogens is 314 g/mol. The second-order valence-electron chi connectivity index (χ2n) is 6.24. The Labute approximate surface area is 139 Å². The molecule has 0 radical (unpaired) electrons. The SMILES string of the molecule is CC1CCN(CN2C(=O)C(=O)N(CCc3cccs3)C2=O)CC1. The summed E-state index contributed by atoms with van der Waals surface area (Å²) in [6.07, 6.45) is 2.72. The minimum Gasteiger partial charge on any atom is -0.285 e. The van der Waals surface area contributed by atoms with Crippen molar-refractivity contribution in [1.82, 2.24) is 14.7 Å². The van der Waals surface area contributed by atoms with E-state index in [1.165, 1.54) is 0 Å². The maximum absolute atomic E-state index is 12.4. The predicted octanol–water partition coefficient (Wildman–Crippen LogP) is 1.77. The first-order chi connectivity index (χ1) is 11.1. The normalized spacial score (nSPS) is 20.8. The van der Waals surface area contributed by atoms with Gasteiger partial charge in [-0.3, -0.25) is 19.4 Å². The average molecular weight is 335 g/mol. The van der Waals surface area contributed by atoms with E-state index < -0.39 is 17.8 Å². The average Bonchev–Trinajstić information content (AvgIpc) is 3.12. The number of thiophene rings is 1. The highest BCUT2D eigenvalue weighted by Crippen LogP contribution is 2.19. The van der Waals surface area contributed by atoms with Crippen molar-refractivity contribution in [2.24, 2.45) is 5.92 Å². The fourth-order valence-electron chi connectivity index (χ4n) is 2.95. The number of carbonyl (C=O) groups excluding carboxylic acids is 3. The van der Waals surface area contributed by atoms with E-state index in [4.69, 9.17) is 0 Å². The molecule has 7 heteroatoms. The van der Waals surface area contributed by atoms with E-state index in [2.05, 4.69) is 11.8 Å². The van der Waals surface area contributed by atoms with Gasteiger partial charge in [-0.15, -0.1) is 11.3 Å². The number of urea groups is 1. The van der Waals surface area contributed by atoms with Gasteiger partial charge in [0.25, 0.3) is 0 Å². The number of likely N-dealkylation sites (tertiary alicyclic amines) is 1. The smallest absolute Gasteiger partial charge is 0.285 e. The molecule has 2 aliphatic heterocycles. The van der Waals surface area contributed by atoms with Gasteiger partial charge in [-0.2, -0.15) is 0 Å². The zero-order valence-electron chi connectivity index (χ0n) is 13.2. The van der Waals surface area contributed by atoms with Crippen LogP contribution in [0.4, 0.5) is 4.79 Å². The summed E-state index contributed by atoms with van der Waals surface area (Å²) >= 11 is 1.58. The number of rotatable bonds is 5. The molecule has 124 valence electrons. The largest absolute Gasteiger partial charge is 0.335 e. The topological polar surface area (TPSA) is 60.9 Å². The maximum Gasteiger partial charge on any atom is 0.335 e. The van der Waals surface area contributed by atoms with E-state index >= 15 is 0 Å². The van der Waals surface area contributed by atoms with Gasteiger partial charge in [0.1, 0.15) is 0 Å². The predicted molar refractivity (Wildman–Crippen MR) is 86.8 cm³/mol. The highest BCUT2D eigenvalue weighted by atomic mass is 32.1. The quantitative estimate of drug-likeness (QED) is 0.608. The molecule has 2 aliphatic rings. The molecule has 1 aromatic heterocycles. The third kappa shape index (κ3) is 3.45. The van der Waals surface area contributed by atoms with Crippen molar-refractivity contribution in [2.45, 2.75) is 26.2 Å². The van der Waals surface area contributed by atoms with Crippen LogP contribution in [-0.2, 0) is 16.0 Å². The molecule has 23 heavy (non-hydrogen) atoms. The summed E-state index contributed by atoms with van der Waals surface area (Å²) < 4.78 is 0. The Morgan fingerprint density at radius 3 is 2.48 bits per heavy atom. The van der Waals surface area contributed by atoms with Crippen LogP contribution in [0.25, 0.3) is 0 Å². The van der Waals surface area contributed by atoms with Crippen LogP contribution in [0.15, 0.2) is 17.5 Å². The van der Waals surface area contributed by atoms with Crippen molar-refractivity contribution in [3.05, 3.63) is 22.4 Å². The summed E-state index contributed by atoms with van der Waals surface area (Å²) in [6.45, 7) is 4.42. The molecule has 0 unspecified atom stereocenters. The van der Waals surface area contributed by atoms with Crippen LogP contribution < -0.4 is 0 Å². The number of piperidine rings is 1. The van der Waals surface area contributed by atoms with Crippen molar-refractivity contribution in [3.63, 3.8) is 0 Å². The molecule has 0 atom stereocenters. The third-order valence-electron chi connectivity index (χ3n) is 4.51. The maximum atomic E-state index is 12.4. The lowest BCUT2D eigenvalue weighted by Gasteiger charge is -2.32. The van der Waals surface area contributed by atoms with Gasteiger partial charge in [0.2, 0.25) is 0 Å². The summed E-state index contributed by atoms with van der Waals surface area (Å²) in [4.78, 5) is 41.9. The van der Waals surface area contributed by atoms with Crippen LogP contribution in [0.2, 0.25) is 0 Å². The lowest BCUT2D eigenvalue weighted by molar-refractivity contribution is -0.144. The molecule has 0 aliphatic carbocycles. The summed E-state index contributed by atoms with van der Waals surface area (Å²) in [5.41, 5.74) is 0. The van der Waals surface area contributed by atoms with Gasteiger partial charge in [-0.1, -0.05) is 13.0 Å². The van der Waals surface area contributed by atoms with Crippen molar-refractivity contribution >= 4 is 29.2 Å². The van der Waals surface area contributed by atoms with Crippen molar-refractivity contribution < 1.29 is 14.4 Å². The number of carbonyl (C=O) groups is 3. The van der Waals surface area contributed by atoms with E-state index in [1.807, 2.05) is 17.5 Å². The first kappa shape index (κ1) is 16.1. The monoisotopic (exact) mass is 335 g/mol. The zero-order chi connectivity index (χ0) is 16.4. The summed E-state index contributed by atoms with van der Waals surface area (Å²) in [6, 6.07) is 3.42. The van der Waals surface area contributed by atoms with Gasteiger partial charge in [-0.05, 0) is 30.2 Å². The van der Waals surface area contributed by atoms with Gasteiger partial charge in [0.15, 0.2) is 0 Å². The van der Waals surface area contributed by atoms with Crippen LogP contribution >= 0.6 is 11.3 Å². The fourth-order valence-corrected chi connectivity index (χ4v) is 3.65. The molecule has 4 amide bonds. The first-order valence-electron chi connectivity index (χ1n) is 7.98. The second kappa shape index (κ2) is 6.80. The van der Waals surface area contributed by atoms with Crippen molar-refractivity contribution in [1.29, 1.82) is 0 Å². The molecule has 3 heterocycles. The molecule has 0 spiro atoms. The van der Waals surface area contributed by atoms with Crippen LogP contribution in [0.3, 0.4) is 0 Å². The highest BCUT2D eigenvalue weighted by molar-refractivity contribution is 7.09. The number of amides is 4. The summed E-state index contributed by atoms with van der Waals surface area (Å²) in [7, 11) is 0. The van der Waals surface area contributed by atoms with E-state index in [1.54, 1.807) is 11.3 Å². The Kier molecular flexibility index (Phi) is 4.77. The Bertz CT molecular complexity index is 594. The minimum absolute atomic E-state index is 0.228. The van der Waals surface area contributed by atoms with Crippen LogP contribution in [-0.4, -0.2) is 58.8 Å². The van der Waals surface area contributed by atoms with Gasteiger partial charge in [0, 0.05) is 30.9 Å². The second-order valence-corrected chi connectivity index (χ2v) is 7.28. The summed E-state index contributed by atoms with van der Waals surface area (Å²) in [5.74, 6) is -0.711. The Balaban J connectivity index is 1.60. The molecule has 0 aromatic carbocycles. The van der Waals surface area contributed by atoms with E-state index in [0.717, 1.165) is 40.6 Å². The highest BCUT2D eigenvalue weighted by Gasteiger charge is 2.44. The van der Waals surface area contributed by atoms with Crippen LogP contribution in [0, 0.1) is 5.92 Å². The minimum atomic E-state index is -0.697. The van der Waals surface area contributed by atoms with E-state index in [9.17, 15) is 14.4 Å². The molecule has 0 bridgehead atoms. The molecule has 0 N–H and O–H groups in total. The van der Waals surface area contributed by atoms with Gasteiger partial charge >= 0.3 is 17.8 Å². The lowest BCUT2D eigenvalue weighted by Crippen LogP contribution is -2.45. The molecule has 3 rings (SSSR count). The van der Waals surface area contributed by atoms with E-state index in [-0.39, 0.29) is 13.2 Å². The molecular formula is C16H21N3O3S. The molecule has 0 saturated carbocycles. The van der Waals surface area contributed by atoms with Crippen LogP contribution in [0.1, 0.15) is 24.6 Å². The third-order valence-corrected chi connectivity index (χ3v) is 5.45. The van der Waals surface area contributed by atoms with Crippen molar-refractivity contribution in [3.8, 4) is 0 Å². The molecule has 2 fully saturated rings. The standard InChI is InChI=1S/C16H21N3O3S/c1-12-4-7-17(8-5-12)11-19-15(21)14(20)18(16(19)22)9-6-13-3-2-10-23-13/h2-3,10,12H,4-9,11H2,1H3. The Morgan fingerprint density at radius 1 is 1.13 bits per heavy atom. The number of hydrogen-bond donors (Lipinski definition) is 0. The Morgan fingerprint density at radius 2 is 1.83 bits per heavy atom. The van der Waals surface area contributed by atoms with Gasteiger partial charge in [0.05, 0.1) is 6.67 Å². The number of nitrogens with zero attached hydrogens (tertiary/aromatic N) is 3. The Hall–Kier alpha value is -1.73. The lowest BCUT2D eigenvalue weighted by atomic mass is 10.00. The molecule has 1 aromatic rings. The molecule has 2 saturated heterocycles.